The van der Waals surface area contributed by atoms with E-state index >= 15 is 0 Å². The number of aromatic amines is 1. The van der Waals surface area contributed by atoms with Crippen molar-refractivity contribution in [3.8, 4) is 0 Å². The molecule has 0 fully saturated rings. The Hall–Kier alpha value is -1.42. The third kappa shape index (κ3) is 2.85. The predicted molar refractivity (Wildman–Crippen MR) is 83.3 cm³/mol. The normalized spacial score (nSPS) is 11.9. The molecule has 2 aromatic rings. The van der Waals surface area contributed by atoms with Crippen LogP contribution < -0.4 is 0 Å². The number of imidazole rings is 1. The van der Waals surface area contributed by atoms with Gasteiger partial charge in [-0.1, -0.05) is 32.9 Å². The van der Waals surface area contributed by atoms with Gasteiger partial charge in [-0.25, -0.2) is 4.39 Å². The zero-order chi connectivity index (χ0) is 15.1. The quantitative estimate of drug-likeness (QED) is 0.799. The molecule has 0 aliphatic heterocycles. The largest absolute Gasteiger partial charge is 0.337 e. The van der Waals surface area contributed by atoms with Crippen LogP contribution in [0.1, 0.15) is 43.2 Å². The van der Waals surface area contributed by atoms with Crippen LogP contribution in [0.15, 0.2) is 18.3 Å². The zero-order valence-electron chi connectivity index (χ0n) is 12.7. The SMILES string of the molecule is Cc1cc(Cn2c(C(C)(C)C)c[nH]c2=S)cc(C)c1F. The molecule has 108 valence electrons. The molecule has 0 spiro atoms. The maximum Gasteiger partial charge on any atom is 0.177 e. The molecule has 1 N–H and O–H groups in total. The van der Waals surface area contributed by atoms with E-state index in [-0.39, 0.29) is 11.2 Å². The summed E-state index contributed by atoms with van der Waals surface area (Å²) in [5.41, 5.74) is 3.60. The third-order valence-corrected chi connectivity index (χ3v) is 3.81. The summed E-state index contributed by atoms with van der Waals surface area (Å²) in [5, 5.41) is 0. The van der Waals surface area contributed by atoms with Gasteiger partial charge in [0.2, 0.25) is 0 Å². The molecular weight excluding hydrogens is 271 g/mol. The van der Waals surface area contributed by atoms with E-state index in [4.69, 9.17) is 12.2 Å². The monoisotopic (exact) mass is 292 g/mol. The van der Waals surface area contributed by atoms with Gasteiger partial charge in [0.1, 0.15) is 5.82 Å². The first-order chi connectivity index (χ1) is 9.20. The number of nitrogens with zero attached hydrogens (tertiary/aromatic N) is 1. The van der Waals surface area contributed by atoms with Crippen molar-refractivity contribution in [2.45, 2.75) is 46.6 Å². The topological polar surface area (TPSA) is 20.7 Å². The number of H-pyrrole nitrogens is 1. The van der Waals surface area contributed by atoms with Crippen molar-refractivity contribution in [1.29, 1.82) is 0 Å². The highest BCUT2D eigenvalue weighted by atomic mass is 32.1. The molecule has 0 bridgehead atoms. The Morgan fingerprint density at radius 1 is 1.20 bits per heavy atom. The van der Waals surface area contributed by atoms with E-state index in [1.165, 1.54) is 0 Å². The lowest BCUT2D eigenvalue weighted by atomic mass is 9.92. The highest BCUT2D eigenvalue weighted by Gasteiger charge is 2.19. The van der Waals surface area contributed by atoms with Crippen LogP contribution in [-0.4, -0.2) is 9.55 Å². The summed E-state index contributed by atoms with van der Waals surface area (Å²) in [6, 6.07) is 3.78. The predicted octanol–water partition coefficient (Wildman–Crippen LogP) is 4.65. The maximum atomic E-state index is 13.7. The molecule has 0 aliphatic rings. The van der Waals surface area contributed by atoms with Crippen LogP contribution in [0.3, 0.4) is 0 Å². The van der Waals surface area contributed by atoms with Crippen molar-refractivity contribution >= 4 is 12.2 Å². The van der Waals surface area contributed by atoms with Gasteiger partial charge in [-0.3, -0.25) is 0 Å². The number of aromatic nitrogens is 2. The molecule has 0 unspecified atom stereocenters. The van der Waals surface area contributed by atoms with E-state index in [0.717, 1.165) is 11.3 Å². The fourth-order valence-corrected chi connectivity index (χ4v) is 2.70. The Balaban J connectivity index is 2.46. The van der Waals surface area contributed by atoms with Gasteiger partial charge in [0.05, 0.1) is 6.54 Å². The molecule has 0 amide bonds. The van der Waals surface area contributed by atoms with Gasteiger partial charge in [-0.2, -0.15) is 0 Å². The smallest absolute Gasteiger partial charge is 0.177 e. The van der Waals surface area contributed by atoms with Gasteiger partial charge in [-0.15, -0.1) is 0 Å². The van der Waals surface area contributed by atoms with Crippen LogP contribution in [-0.2, 0) is 12.0 Å². The standard InChI is InChI=1S/C16H21FN2S/c1-10-6-12(7-11(2)14(10)17)9-19-13(16(3,4)5)8-18-15(19)20/h6-8H,9H2,1-5H3,(H,18,20). The Morgan fingerprint density at radius 3 is 2.25 bits per heavy atom. The van der Waals surface area contributed by atoms with Gasteiger partial charge in [0, 0.05) is 17.3 Å². The van der Waals surface area contributed by atoms with Crippen LogP contribution in [0.5, 0.6) is 0 Å². The molecule has 1 aromatic carbocycles. The molecule has 0 aliphatic carbocycles. The van der Waals surface area contributed by atoms with E-state index in [1.807, 2.05) is 18.3 Å². The number of benzene rings is 1. The molecule has 0 saturated heterocycles. The van der Waals surface area contributed by atoms with Gasteiger partial charge >= 0.3 is 0 Å². The van der Waals surface area contributed by atoms with Crippen molar-refractivity contribution in [3.05, 3.63) is 51.3 Å². The lowest BCUT2D eigenvalue weighted by molar-refractivity contribution is 0.528. The Morgan fingerprint density at radius 2 is 1.75 bits per heavy atom. The molecule has 20 heavy (non-hydrogen) atoms. The van der Waals surface area contributed by atoms with E-state index in [0.29, 0.717) is 22.4 Å². The minimum absolute atomic E-state index is 0.0116. The first-order valence-electron chi connectivity index (χ1n) is 6.74. The zero-order valence-corrected chi connectivity index (χ0v) is 13.5. The number of hydrogen-bond donors (Lipinski definition) is 1. The minimum atomic E-state index is -0.123. The molecule has 4 heteroatoms. The van der Waals surface area contributed by atoms with Crippen molar-refractivity contribution < 1.29 is 4.39 Å². The van der Waals surface area contributed by atoms with Gasteiger partial charge in [-0.05, 0) is 42.8 Å². The summed E-state index contributed by atoms with van der Waals surface area (Å²) in [7, 11) is 0. The van der Waals surface area contributed by atoms with Crippen LogP contribution in [0.2, 0.25) is 0 Å². The number of hydrogen-bond acceptors (Lipinski definition) is 1. The lowest BCUT2D eigenvalue weighted by Crippen LogP contribution is -2.18. The highest BCUT2D eigenvalue weighted by molar-refractivity contribution is 7.71. The van der Waals surface area contributed by atoms with Crippen molar-refractivity contribution in [1.82, 2.24) is 9.55 Å². The number of halogens is 1. The summed E-state index contributed by atoms with van der Waals surface area (Å²) in [6.07, 6.45) is 1.96. The molecular formula is C16H21FN2S. The van der Waals surface area contributed by atoms with Crippen LogP contribution in [0.4, 0.5) is 4.39 Å². The van der Waals surface area contributed by atoms with Gasteiger partial charge in [0.25, 0.3) is 0 Å². The average molecular weight is 292 g/mol. The molecule has 0 radical (unpaired) electrons. The second kappa shape index (κ2) is 5.17. The molecule has 0 atom stereocenters. The molecule has 2 rings (SSSR count). The minimum Gasteiger partial charge on any atom is -0.337 e. The Labute approximate surface area is 124 Å². The third-order valence-electron chi connectivity index (χ3n) is 3.47. The highest BCUT2D eigenvalue weighted by Crippen LogP contribution is 2.24. The summed E-state index contributed by atoms with van der Waals surface area (Å²) in [6.45, 7) is 10.7. The first-order valence-corrected chi connectivity index (χ1v) is 7.15. The van der Waals surface area contributed by atoms with Crippen molar-refractivity contribution in [3.63, 3.8) is 0 Å². The lowest BCUT2D eigenvalue weighted by Gasteiger charge is -2.21. The molecule has 1 heterocycles. The van der Waals surface area contributed by atoms with Crippen molar-refractivity contribution in [2.75, 3.05) is 0 Å². The second-order valence-corrected chi connectivity index (χ2v) is 6.75. The maximum absolute atomic E-state index is 13.7. The van der Waals surface area contributed by atoms with E-state index in [2.05, 4.69) is 30.3 Å². The Bertz CT molecular complexity index is 666. The summed E-state index contributed by atoms with van der Waals surface area (Å²) < 4.78 is 16.5. The average Bonchev–Trinajstić information content (AvgIpc) is 2.67. The fraction of sp³-hybridized carbons (Fsp3) is 0.438. The van der Waals surface area contributed by atoms with E-state index < -0.39 is 0 Å². The summed E-state index contributed by atoms with van der Waals surface area (Å²) in [5.74, 6) is -0.123. The van der Waals surface area contributed by atoms with Gasteiger partial charge < -0.3 is 9.55 Å². The van der Waals surface area contributed by atoms with E-state index in [1.54, 1.807) is 13.8 Å². The molecule has 0 saturated carbocycles. The van der Waals surface area contributed by atoms with Crippen molar-refractivity contribution in [2.24, 2.45) is 0 Å². The van der Waals surface area contributed by atoms with Gasteiger partial charge in [0.15, 0.2) is 4.77 Å². The van der Waals surface area contributed by atoms with Crippen LogP contribution >= 0.6 is 12.2 Å². The molecule has 1 aromatic heterocycles. The Kier molecular flexibility index (Phi) is 3.87. The fourth-order valence-electron chi connectivity index (χ4n) is 2.48. The first kappa shape index (κ1) is 15.0. The van der Waals surface area contributed by atoms with Crippen LogP contribution in [0, 0.1) is 24.4 Å². The second-order valence-electron chi connectivity index (χ2n) is 6.36. The van der Waals surface area contributed by atoms with Crippen LogP contribution in [0.25, 0.3) is 0 Å². The van der Waals surface area contributed by atoms with E-state index in [9.17, 15) is 4.39 Å². The number of nitrogens with one attached hydrogen (secondary N) is 1. The number of rotatable bonds is 2. The molecule has 2 nitrogen and oxygen atoms in total. The number of aryl methyl sites for hydroxylation is 2. The summed E-state index contributed by atoms with van der Waals surface area (Å²) in [4.78, 5) is 3.11. The summed E-state index contributed by atoms with van der Waals surface area (Å²) >= 11 is 5.37.